The number of carbonyl (C=O) groups is 4. The van der Waals surface area contributed by atoms with Crippen LogP contribution in [0.3, 0.4) is 0 Å². The van der Waals surface area contributed by atoms with Crippen molar-refractivity contribution in [2.45, 2.75) is 32.7 Å². The fraction of sp³-hybridized carbons (Fsp3) is 0.360. The number of carbonyl (C=O) groups excluding carboxylic acids is 4. The van der Waals surface area contributed by atoms with Gasteiger partial charge in [0.15, 0.2) is 0 Å². The third kappa shape index (κ3) is 7.14. The zero-order chi connectivity index (χ0) is 24.5. The van der Waals surface area contributed by atoms with E-state index >= 15 is 0 Å². The summed E-state index contributed by atoms with van der Waals surface area (Å²) >= 11 is 0. The molecule has 1 fully saturated rings. The molecule has 9 heteroatoms. The molecule has 180 valence electrons. The van der Waals surface area contributed by atoms with Crippen molar-refractivity contribution in [2.75, 3.05) is 36.9 Å². The van der Waals surface area contributed by atoms with Gasteiger partial charge in [-0.05, 0) is 49.7 Å². The number of nitrogens with zero attached hydrogens (tertiary/aromatic N) is 1. The van der Waals surface area contributed by atoms with Gasteiger partial charge in [-0.25, -0.2) is 0 Å². The van der Waals surface area contributed by atoms with Gasteiger partial charge >= 0.3 is 5.97 Å². The Morgan fingerprint density at radius 2 is 1.79 bits per heavy atom. The first-order valence-corrected chi connectivity index (χ1v) is 11.3. The highest BCUT2D eigenvalue weighted by atomic mass is 16.5. The second-order valence-electron chi connectivity index (χ2n) is 8.15. The molecule has 1 aliphatic rings. The summed E-state index contributed by atoms with van der Waals surface area (Å²) in [6.45, 7) is 4.93. The molecule has 0 aromatic heterocycles. The largest absolute Gasteiger partial charge is 0.466 e. The van der Waals surface area contributed by atoms with Gasteiger partial charge in [-0.3, -0.25) is 24.1 Å². The predicted octanol–water partition coefficient (Wildman–Crippen LogP) is 2.33. The van der Waals surface area contributed by atoms with Crippen LogP contribution in [0.4, 0.5) is 11.4 Å². The second-order valence-corrected chi connectivity index (χ2v) is 8.15. The summed E-state index contributed by atoms with van der Waals surface area (Å²) in [7, 11) is 0. The van der Waals surface area contributed by atoms with Crippen LogP contribution in [0.5, 0.6) is 0 Å². The van der Waals surface area contributed by atoms with E-state index in [1.807, 2.05) is 32.0 Å². The Labute approximate surface area is 198 Å². The molecule has 0 bridgehead atoms. The summed E-state index contributed by atoms with van der Waals surface area (Å²) in [6, 6.07) is 13.3. The van der Waals surface area contributed by atoms with Gasteiger partial charge < -0.3 is 20.7 Å². The third-order valence-electron chi connectivity index (χ3n) is 5.32. The molecule has 0 saturated carbocycles. The van der Waals surface area contributed by atoms with E-state index in [9.17, 15) is 19.2 Å². The van der Waals surface area contributed by atoms with E-state index < -0.39 is 12.0 Å². The first-order valence-electron chi connectivity index (χ1n) is 11.3. The summed E-state index contributed by atoms with van der Waals surface area (Å²) in [5, 5.41) is 8.35. The molecule has 34 heavy (non-hydrogen) atoms. The average Bonchev–Trinajstić information content (AvgIpc) is 2.81. The normalized spacial score (nSPS) is 15.8. The van der Waals surface area contributed by atoms with Gasteiger partial charge in [0.2, 0.25) is 11.8 Å². The molecule has 1 unspecified atom stereocenters. The minimum atomic E-state index is -0.747. The summed E-state index contributed by atoms with van der Waals surface area (Å²) < 4.78 is 5.09. The van der Waals surface area contributed by atoms with Crippen molar-refractivity contribution in [2.24, 2.45) is 0 Å². The van der Waals surface area contributed by atoms with Gasteiger partial charge in [-0.15, -0.1) is 0 Å². The van der Waals surface area contributed by atoms with Crippen molar-refractivity contribution in [1.29, 1.82) is 0 Å². The van der Waals surface area contributed by atoms with Gasteiger partial charge in [0.05, 0.1) is 19.6 Å². The molecule has 1 atom stereocenters. The van der Waals surface area contributed by atoms with Crippen molar-refractivity contribution in [3.8, 4) is 0 Å². The van der Waals surface area contributed by atoms with Crippen molar-refractivity contribution >= 4 is 35.1 Å². The Hall–Kier alpha value is -3.72. The summed E-state index contributed by atoms with van der Waals surface area (Å²) in [5.41, 5.74) is 2.72. The number of nitrogens with one attached hydrogen (secondary N) is 3. The molecule has 1 saturated heterocycles. The Balaban J connectivity index is 1.54. The van der Waals surface area contributed by atoms with E-state index in [0.717, 1.165) is 5.56 Å². The second kappa shape index (κ2) is 11.9. The molecule has 2 aromatic rings. The minimum absolute atomic E-state index is 0.0367. The standard InChI is InChI=1S/C25H30N4O5/c1-3-13-34-23(31)15-21-25(33)26-11-12-29(21)16-22(30)27-19-7-9-20(10-8-19)28-24(32)18-6-4-5-17(2)14-18/h4-10,14,21H,3,11-13,15-16H2,1-2H3,(H,26,33)(H,27,30)(H,28,32). The van der Waals surface area contributed by atoms with Crippen LogP contribution in [-0.4, -0.2) is 60.9 Å². The Morgan fingerprint density at radius 3 is 2.47 bits per heavy atom. The number of hydrogen-bond donors (Lipinski definition) is 3. The Kier molecular flexibility index (Phi) is 8.75. The maximum Gasteiger partial charge on any atom is 0.307 e. The van der Waals surface area contributed by atoms with Gasteiger partial charge in [0.1, 0.15) is 6.04 Å². The molecule has 3 amide bonds. The molecule has 0 aliphatic carbocycles. The number of esters is 1. The fourth-order valence-electron chi connectivity index (χ4n) is 3.62. The molecule has 1 heterocycles. The fourth-order valence-corrected chi connectivity index (χ4v) is 3.62. The lowest BCUT2D eigenvalue weighted by atomic mass is 10.1. The van der Waals surface area contributed by atoms with Crippen LogP contribution in [0, 0.1) is 6.92 Å². The van der Waals surface area contributed by atoms with E-state index in [1.165, 1.54) is 0 Å². The van der Waals surface area contributed by atoms with Crippen LogP contribution >= 0.6 is 0 Å². The van der Waals surface area contributed by atoms with E-state index in [0.29, 0.717) is 43.1 Å². The van der Waals surface area contributed by atoms with Gasteiger partial charge in [-0.2, -0.15) is 0 Å². The van der Waals surface area contributed by atoms with Crippen LogP contribution < -0.4 is 16.0 Å². The SMILES string of the molecule is CCCOC(=O)CC1C(=O)NCCN1CC(=O)Nc1ccc(NC(=O)c2cccc(C)c2)cc1. The lowest BCUT2D eigenvalue weighted by molar-refractivity contribution is -0.148. The molecule has 3 N–H and O–H groups in total. The van der Waals surface area contributed by atoms with Crippen LogP contribution in [-0.2, 0) is 19.1 Å². The number of hydrogen-bond acceptors (Lipinski definition) is 6. The minimum Gasteiger partial charge on any atom is -0.466 e. The molecule has 3 rings (SSSR count). The lowest BCUT2D eigenvalue weighted by Gasteiger charge is -2.33. The van der Waals surface area contributed by atoms with Gasteiger partial charge in [0, 0.05) is 30.0 Å². The molecular weight excluding hydrogens is 436 g/mol. The molecule has 1 aliphatic heterocycles. The molecule has 2 aromatic carbocycles. The Morgan fingerprint density at radius 1 is 1.09 bits per heavy atom. The maximum absolute atomic E-state index is 12.6. The lowest BCUT2D eigenvalue weighted by Crippen LogP contribution is -2.57. The number of anilines is 2. The predicted molar refractivity (Wildman–Crippen MR) is 128 cm³/mol. The number of benzene rings is 2. The number of piperazine rings is 1. The highest BCUT2D eigenvalue weighted by Gasteiger charge is 2.33. The first-order chi connectivity index (χ1) is 16.4. The Bertz CT molecular complexity index is 1040. The van der Waals surface area contributed by atoms with Crippen LogP contribution in [0.2, 0.25) is 0 Å². The first kappa shape index (κ1) is 24.9. The van der Waals surface area contributed by atoms with Crippen LogP contribution in [0.15, 0.2) is 48.5 Å². The molecular formula is C25H30N4O5. The monoisotopic (exact) mass is 466 g/mol. The van der Waals surface area contributed by atoms with E-state index in [1.54, 1.807) is 35.2 Å². The number of amides is 3. The van der Waals surface area contributed by atoms with E-state index in [-0.39, 0.29) is 30.7 Å². The number of aryl methyl sites for hydroxylation is 1. The van der Waals surface area contributed by atoms with E-state index in [4.69, 9.17) is 4.74 Å². The summed E-state index contributed by atoms with van der Waals surface area (Å²) in [4.78, 5) is 50.9. The molecule has 9 nitrogen and oxygen atoms in total. The van der Waals surface area contributed by atoms with Crippen molar-refractivity contribution < 1.29 is 23.9 Å². The molecule has 0 spiro atoms. The summed E-state index contributed by atoms with van der Waals surface area (Å²) in [5.74, 6) is -1.27. The van der Waals surface area contributed by atoms with Crippen molar-refractivity contribution in [1.82, 2.24) is 10.2 Å². The highest BCUT2D eigenvalue weighted by molar-refractivity contribution is 6.04. The third-order valence-corrected chi connectivity index (χ3v) is 5.32. The maximum atomic E-state index is 12.6. The van der Waals surface area contributed by atoms with E-state index in [2.05, 4.69) is 16.0 Å². The van der Waals surface area contributed by atoms with Gasteiger partial charge in [-0.1, -0.05) is 24.6 Å². The van der Waals surface area contributed by atoms with Crippen LogP contribution in [0.25, 0.3) is 0 Å². The number of ether oxygens (including phenoxy) is 1. The average molecular weight is 467 g/mol. The quantitative estimate of drug-likeness (QED) is 0.489. The topological polar surface area (TPSA) is 117 Å². The highest BCUT2D eigenvalue weighted by Crippen LogP contribution is 2.16. The van der Waals surface area contributed by atoms with Crippen molar-refractivity contribution in [3.63, 3.8) is 0 Å². The number of rotatable bonds is 9. The zero-order valence-corrected chi connectivity index (χ0v) is 19.4. The van der Waals surface area contributed by atoms with Crippen molar-refractivity contribution in [3.05, 3.63) is 59.7 Å². The zero-order valence-electron chi connectivity index (χ0n) is 19.4. The molecule has 0 radical (unpaired) electrons. The van der Waals surface area contributed by atoms with Crippen LogP contribution in [0.1, 0.15) is 35.7 Å². The van der Waals surface area contributed by atoms with Gasteiger partial charge in [0.25, 0.3) is 5.91 Å². The smallest absolute Gasteiger partial charge is 0.307 e. The summed E-state index contributed by atoms with van der Waals surface area (Å²) in [6.07, 6.45) is 0.595.